The predicted octanol–water partition coefficient (Wildman–Crippen LogP) is 3.78. The molecule has 3 aromatic rings. The Labute approximate surface area is 152 Å². The number of nitro groups is 1. The van der Waals surface area contributed by atoms with Crippen LogP contribution in [0.15, 0.2) is 30.3 Å². The summed E-state index contributed by atoms with van der Waals surface area (Å²) in [6.07, 6.45) is 0. The number of amides is 1. The SMILES string of the molecule is COc1cc(OC)c2nc(NC(=O)c3ccc(C)c([N+](=O)[O-])c3)sc2c1. The molecule has 0 spiro atoms. The zero-order chi connectivity index (χ0) is 18.8. The summed E-state index contributed by atoms with van der Waals surface area (Å²) in [5.41, 5.74) is 1.17. The highest BCUT2D eigenvalue weighted by Gasteiger charge is 2.17. The third-order valence-electron chi connectivity index (χ3n) is 3.78. The number of nitrogens with one attached hydrogen (secondary N) is 1. The van der Waals surface area contributed by atoms with E-state index in [1.807, 2.05) is 0 Å². The van der Waals surface area contributed by atoms with Gasteiger partial charge in [-0.3, -0.25) is 20.2 Å². The molecular formula is C17H15N3O5S. The van der Waals surface area contributed by atoms with Gasteiger partial charge in [0.1, 0.15) is 17.0 Å². The fourth-order valence-corrected chi connectivity index (χ4v) is 3.33. The number of thiazole rings is 1. The molecule has 0 aliphatic carbocycles. The molecule has 1 amide bonds. The molecule has 0 saturated heterocycles. The number of benzene rings is 2. The molecule has 0 radical (unpaired) electrons. The van der Waals surface area contributed by atoms with Crippen molar-refractivity contribution < 1.29 is 19.2 Å². The van der Waals surface area contributed by atoms with Crippen molar-refractivity contribution in [2.45, 2.75) is 6.92 Å². The van der Waals surface area contributed by atoms with E-state index in [-0.39, 0.29) is 11.3 Å². The predicted molar refractivity (Wildman–Crippen MR) is 98.5 cm³/mol. The van der Waals surface area contributed by atoms with E-state index in [4.69, 9.17) is 9.47 Å². The van der Waals surface area contributed by atoms with Gasteiger partial charge < -0.3 is 9.47 Å². The smallest absolute Gasteiger partial charge is 0.273 e. The number of aryl methyl sites for hydroxylation is 1. The first-order valence-electron chi connectivity index (χ1n) is 7.52. The number of carbonyl (C=O) groups is 1. The standard InChI is InChI=1S/C17H15N3O5S/c1-9-4-5-10(6-12(9)20(22)23)16(21)19-17-18-15-13(25-3)7-11(24-2)8-14(15)26-17/h4-8H,1-3H3,(H,18,19,21). The molecule has 0 aliphatic rings. The average Bonchev–Trinajstić information content (AvgIpc) is 3.02. The van der Waals surface area contributed by atoms with E-state index in [2.05, 4.69) is 10.3 Å². The number of aromatic nitrogens is 1. The zero-order valence-electron chi connectivity index (χ0n) is 14.2. The van der Waals surface area contributed by atoms with E-state index >= 15 is 0 Å². The van der Waals surface area contributed by atoms with Crippen LogP contribution in [0, 0.1) is 17.0 Å². The van der Waals surface area contributed by atoms with Gasteiger partial charge in [0.2, 0.25) is 0 Å². The van der Waals surface area contributed by atoms with Crippen molar-refractivity contribution in [3.05, 3.63) is 51.6 Å². The minimum atomic E-state index is -0.513. The van der Waals surface area contributed by atoms with Crippen LogP contribution in [0.2, 0.25) is 0 Å². The third-order valence-corrected chi connectivity index (χ3v) is 4.70. The first-order chi connectivity index (χ1) is 12.4. The molecular weight excluding hydrogens is 358 g/mol. The molecule has 0 atom stereocenters. The van der Waals surface area contributed by atoms with Gasteiger partial charge in [0.05, 0.1) is 23.8 Å². The normalized spacial score (nSPS) is 10.6. The second-order valence-corrected chi connectivity index (χ2v) is 6.44. The fraction of sp³-hybridized carbons (Fsp3) is 0.176. The van der Waals surface area contributed by atoms with Crippen LogP contribution in [0.3, 0.4) is 0 Å². The number of carbonyl (C=O) groups excluding carboxylic acids is 1. The van der Waals surface area contributed by atoms with Gasteiger partial charge in [-0.15, -0.1) is 0 Å². The summed E-state index contributed by atoms with van der Waals surface area (Å²) in [5, 5.41) is 14.1. The highest BCUT2D eigenvalue weighted by molar-refractivity contribution is 7.22. The van der Waals surface area contributed by atoms with Crippen LogP contribution in [-0.4, -0.2) is 30.0 Å². The molecule has 0 unspecified atom stereocenters. The summed E-state index contributed by atoms with van der Waals surface area (Å²) < 4.78 is 11.3. The second-order valence-electron chi connectivity index (χ2n) is 5.41. The van der Waals surface area contributed by atoms with E-state index in [1.165, 1.54) is 30.6 Å². The Hall–Kier alpha value is -3.20. The number of fused-ring (bicyclic) bond motifs is 1. The Morgan fingerprint density at radius 1 is 1.23 bits per heavy atom. The lowest BCUT2D eigenvalue weighted by molar-refractivity contribution is -0.385. The zero-order valence-corrected chi connectivity index (χ0v) is 15.0. The van der Waals surface area contributed by atoms with Gasteiger partial charge in [0.25, 0.3) is 11.6 Å². The number of rotatable bonds is 5. The lowest BCUT2D eigenvalue weighted by Gasteiger charge is -2.04. The summed E-state index contributed by atoms with van der Waals surface area (Å²) in [5.74, 6) is 0.671. The molecule has 0 aliphatic heterocycles. The van der Waals surface area contributed by atoms with Gasteiger partial charge >= 0.3 is 0 Å². The van der Waals surface area contributed by atoms with Crippen molar-refractivity contribution in [3.8, 4) is 11.5 Å². The summed E-state index contributed by atoms with van der Waals surface area (Å²) in [7, 11) is 3.08. The van der Waals surface area contributed by atoms with E-state index in [0.717, 1.165) is 4.70 Å². The van der Waals surface area contributed by atoms with Crippen LogP contribution in [0.25, 0.3) is 10.2 Å². The van der Waals surface area contributed by atoms with Crippen molar-refractivity contribution >= 4 is 38.3 Å². The monoisotopic (exact) mass is 373 g/mol. The average molecular weight is 373 g/mol. The topological polar surface area (TPSA) is 104 Å². The minimum absolute atomic E-state index is 0.103. The Kier molecular flexibility index (Phi) is 4.72. The van der Waals surface area contributed by atoms with Crippen molar-refractivity contribution in [2.24, 2.45) is 0 Å². The van der Waals surface area contributed by atoms with Crippen LogP contribution in [0.5, 0.6) is 11.5 Å². The first kappa shape index (κ1) is 17.6. The second kappa shape index (κ2) is 6.96. The summed E-state index contributed by atoms with van der Waals surface area (Å²) in [6, 6.07) is 7.83. The van der Waals surface area contributed by atoms with E-state index < -0.39 is 10.8 Å². The Balaban J connectivity index is 1.92. The van der Waals surface area contributed by atoms with Gasteiger partial charge in [-0.1, -0.05) is 17.4 Å². The van der Waals surface area contributed by atoms with Gasteiger partial charge in [-0.2, -0.15) is 0 Å². The lowest BCUT2D eigenvalue weighted by Crippen LogP contribution is -2.12. The first-order valence-corrected chi connectivity index (χ1v) is 8.33. The highest BCUT2D eigenvalue weighted by atomic mass is 32.1. The van der Waals surface area contributed by atoms with Crippen molar-refractivity contribution in [1.82, 2.24) is 4.98 Å². The number of hydrogen-bond donors (Lipinski definition) is 1. The maximum atomic E-state index is 12.4. The Morgan fingerprint density at radius 3 is 2.65 bits per heavy atom. The van der Waals surface area contributed by atoms with Crippen LogP contribution >= 0.6 is 11.3 Å². The van der Waals surface area contributed by atoms with E-state index in [1.54, 1.807) is 32.2 Å². The molecule has 3 rings (SSSR count). The van der Waals surface area contributed by atoms with Gasteiger partial charge in [-0.25, -0.2) is 4.98 Å². The fourth-order valence-electron chi connectivity index (χ4n) is 2.42. The van der Waals surface area contributed by atoms with Crippen molar-refractivity contribution in [3.63, 3.8) is 0 Å². The molecule has 0 bridgehead atoms. The molecule has 9 heteroatoms. The largest absolute Gasteiger partial charge is 0.497 e. The lowest BCUT2D eigenvalue weighted by atomic mass is 10.1. The molecule has 1 aromatic heterocycles. The molecule has 1 heterocycles. The minimum Gasteiger partial charge on any atom is -0.497 e. The highest BCUT2D eigenvalue weighted by Crippen LogP contribution is 2.36. The Morgan fingerprint density at radius 2 is 2.00 bits per heavy atom. The molecule has 1 N–H and O–H groups in total. The number of nitro benzene ring substituents is 1. The van der Waals surface area contributed by atoms with Gasteiger partial charge in [-0.05, 0) is 19.1 Å². The number of methoxy groups -OCH3 is 2. The number of anilines is 1. The van der Waals surface area contributed by atoms with Crippen molar-refractivity contribution in [2.75, 3.05) is 19.5 Å². The van der Waals surface area contributed by atoms with Crippen molar-refractivity contribution in [1.29, 1.82) is 0 Å². The van der Waals surface area contributed by atoms with Crippen LogP contribution in [-0.2, 0) is 0 Å². The number of ether oxygens (including phenoxy) is 2. The molecule has 26 heavy (non-hydrogen) atoms. The summed E-state index contributed by atoms with van der Waals surface area (Å²) in [4.78, 5) is 27.3. The molecule has 0 fully saturated rings. The van der Waals surface area contributed by atoms with Crippen LogP contribution in [0.4, 0.5) is 10.8 Å². The summed E-state index contributed by atoms with van der Waals surface area (Å²) >= 11 is 1.26. The maximum Gasteiger partial charge on any atom is 0.273 e. The van der Waals surface area contributed by atoms with Gasteiger partial charge in [0.15, 0.2) is 5.13 Å². The number of nitrogens with zero attached hydrogens (tertiary/aromatic N) is 2. The Bertz CT molecular complexity index is 1020. The maximum absolute atomic E-state index is 12.4. The quantitative estimate of drug-likeness (QED) is 0.539. The number of hydrogen-bond acceptors (Lipinski definition) is 7. The van der Waals surface area contributed by atoms with Crippen LogP contribution in [0.1, 0.15) is 15.9 Å². The molecule has 0 saturated carbocycles. The molecule has 134 valence electrons. The molecule has 2 aromatic carbocycles. The van der Waals surface area contributed by atoms with E-state index in [9.17, 15) is 14.9 Å². The van der Waals surface area contributed by atoms with Crippen LogP contribution < -0.4 is 14.8 Å². The van der Waals surface area contributed by atoms with E-state index in [0.29, 0.717) is 27.7 Å². The summed E-state index contributed by atoms with van der Waals surface area (Å²) in [6.45, 7) is 1.62. The third kappa shape index (κ3) is 3.29. The molecule has 8 nitrogen and oxygen atoms in total. The van der Waals surface area contributed by atoms with Gasteiger partial charge in [0, 0.05) is 23.3 Å².